The quantitative estimate of drug-likeness (QED) is 0.518. The van der Waals surface area contributed by atoms with Crippen molar-refractivity contribution < 1.29 is 23.6 Å². The molecule has 11 heteroatoms. The Morgan fingerprint density at radius 2 is 1.92 bits per heavy atom. The number of benzene rings is 1. The summed E-state index contributed by atoms with van der Waals surface area (Å²) in [5, 5.41) is 16.0. The van der Waals surface area contributed by atoms with E-state index in [2.05, 4.69) is 26.5 Å². The predicted octanol–water partition coefficient (Wildman–Crippen LogP) is 3.52. The Kier molecular flexibility index (Phi) is 7.90. The average molecular weight is 519 g/mol. The molecule has 0 aliphatic carbocycles. The second kappa shape index (κ2) is 11.3. The molecule has 3 aromatic rings. The molecule has 0 atom stereocenters. The van der Waals surface area contributed by atoms with E-state index in [-0.39, 0.29) is 29.8 Å². The van der Waals surface area contributed by atoms with Gasteiger partial charge in [-0.25, -0.2) is 9.78 Å². The maximum atomic E-state index is 12.7. The van der Waals surface area contributed by atoms with Gasteiger partial charge in [-0.3, -0.25) is 4.79 Å². The van der Waals surface area contributed by atoms with Crippen molar-refractivity contribution in [2.45, 2.75) is 46.1 Å². The topological polar surface area (TPSA) is 143 Å². The van der Waals surface area contributed by atoms with Crippen LogP contribution in [0, 0.1) is 11.3 Å². The average Bonchev–Trinajstić information content (AvgIpc) is 3.27. The van der Waals surface area contributed by atoms with Crippen LogP contribution >= 0.6 is 0 Å². The van der Waals surface area contributed by atoms with Crippen LogP contribution in [0.1, 0.15) is 44.4 Å². The first-order valence-electron chi connectivity index (χ1n) is 12.4. The van der Waals surface area contributed by atoms with Crippen molar-refractivity contribution in [1.29, 1.82) is 5.26 Å². The number of nitriles is 1. The molecule has 11 nitrogen and oxygen atoms in total. The van der Waals surface area contributed by atoms with Crippen LogP contribution in [-0.2, 0) is 22.4 Å². The normalized spacial score (nSPS) is 13.2. The van der Waals surface area contributed by atoms with Crippen molar-refractivity contribution in [3.8, 4) is 34.8 Å². The van der Waals surface area contributed by atoms with Crippen LogP contribution in [-0.4, -0.2) is 63.9 Å². The van der Waals surface area contributed by atoms with E-state index in [1.165, 1.54) is 6.20 Å². The van der Waals surface area contributed by atoms with Gasteiger partial charge < -0.3 is 24.2 Å². The number of fused-ring (bicyclic) bond motifs is 1. The Labute approximate surface area is 220 Å². The molecule has 4 rings (SSSR count). The molecule has 0 spiro atoms. The highest BCUT2D eigenvalue weighted by Crippen LogP contribution is 2.27. The Hall–Kier alpha value is -4.46. The number of hydrogen-bond donors (Lipinski definition) is 1. The van der Waals surface area contributed by atoms with Gasteiger partial charge in [0.1, 0.15) is 23.8 Å². The lowest BCUT2D eigenvalue weighted by Gasteiger charge is -2.22. The summed E-state index contributed by atoms with van der Waals surface area (Å²) in [5.74, 6) is 0.759. The molecule has 38 heavy (non-hydrogen) atoms. The van der Waals surface area contributed by atoms with Gasteiger partial charge in [-0.1, -0.05) is 17.3 Å². The number of carbonyl (C=O) groups excluding carboxylic acids is 2. The summed E-state index contributed by atoms with van der Waals surface area (Å²) >= 11 is 0. The van der Waals surface area contributed by atoms with Crippen LogP contribution < -0.4 is 10.1 Å². The number of carbonyl (C=O) groups is 2. The molecule has 2 aromatic heterocycles. The highest BCUT2D eigenvalue weighted by Gasteiger charge is 2.22. The van der Waals surface area contributed by atoms with Crippen molar-refractivity contribution >= 4 is 12.0 Å². The number of nitrogens with zero attached hydrogens (tertiary/aromatic N) is 5. The standard InChI is InChI=1S/C27H30N6O5/c1-5-36-24-20(14-28)13-21(15-29-24)25-31-23(32-38-25)19-7-6-17-8-10-33(11-9-18(17)12-19)22(34)16-30-26(35)37-27(2,3)4/h6-7,12-13,15H,5,8-11,16H2,1-4H3,(H,30,35). The van der Waals surface area contributed by atoms with Gasteiger partial charge in [-0.2, -0.15) is 10.2 Å². The molecular weight excluding hydrogens is 488 g/mol. The zero-order chi connectivity index (χ0) is 27.3. The highest BCUT2D eigenvalue weighted by molar-refractivity contribution is 5.82. The molecule has 3 heterocycles. The van der Waals surface area contributed by atoms with Crippen LogP contribution in [0.5, 0.6) is 5.88 Å². The summed E-state index contributed by atoms with van der Waals surface area (Å²) in [4.78, 5) is 35.0. The third-order valence-electron chi connectivity index (χ3n) is 5.83. The van der Waals surface area contributed by atoms with Crippen LogP contribution in [0.25, 0.3) is 22.8 Å². The van der Waals surface area contributed by atoms with E-state index in [1.807, 2.05) is 25.1 Å². The smallest absolute Gasteiger partial charge is 0.408 e. The van der Waals surface area contributed by atoms with Crippen LogP contribution in [0.4, 0.5) is 4.79 Å². The second-order valence-corrected chi connectivity index (χ2v) is 9.76. The van der Waals surface area contributed by atoms with E-state index in [4.69, 9.17) is 14.0 Å². The first kappa shape index (κ1) is 26.6. The van der Waals surface area contributed by atoms with E-state index in [9.17, 15) is 14.9 Å². The van der Waals surface area contributed by atoms with Gasteiger partial charge in [0.25, 0.3) is 5.89 Å². The third kappa shape index (κ3) is 6.45. The number of aromatic nitrogens is 3. The molecule has 1 aromatic carbocycles. The zero-order valence-corrected chi connectivity index (χ0v) is 21.9. The van der Waals surface area contributed by atoms with Crippen LogP contribution in [0.2, 0.25) is 0 Å². The lowest BCUT2D eigenvalue weighted by Crippen LogP contribution is -2.42. The zero-order valence-electron chi connectivity index (χ0n) is 21.9. The maximum Gasteiger partial charge on any atom is 0.408 e. The number of hydrogen-bond acceptors (Lipinski definition) is 9. The van der Waals surface area contributed by atoms with Crippen LogP contribution in [0.15, 0.2) is 35.0 Å². The monoisotopic (exact) mass is 518 g/mol. The SMILES string of the molecule is CCOc1ncc(-c2nc(-c3ccc4c(c3)CCN(C(=O)CNC(=O)OC(C)(C)C)CC4)no2)cc1C#N. The molecule has 1 aliphatic rings. The molecule has 1 N–H and O–H groups in total. The van der Waals surface area contributed by atoms with Gasteiger partial charge in [0.15, 0.2) is 0 Å². The Morgan fingerprint density at radius 3 is 2.63 bits per heavy atom. The summed E-state index contributed by atoms with van der Waals surface area (Å²) in [7, 11) is 0. The van der Waals surface area contributed by atoms with Gasteiger partial charge in [0.05, 0.1) is 12.2 Å². The molecule has 0 unspecified atom stereocenters. The number of pyridine rings is 1. The third-order valence-corrected chi connectivity index (χ3v) is 5.83. The second-order valence-electron chi connectivity index (χ2n) is 9.76. The summed E-state index contributed by atoms with van der Waals surface area (Å²) in [5.41, 5.74) is 3.20. The minimum Gasteiger partial charge on any atom is -0.477 e. The van der Waals surface area contributed by atoms with Gasteiger partial charge in [0, 0.05) is 24.8 Å². The Morgan fingerprint density at radius 1 is 1.16 bits per heavy atom. The Bertz CT molecular complexity index is 1370. The minimum atomic E-state index is -0.626. The van der Waals surface area contributed by atoms with Crippen molar-refractivity contribution in [2.75, 3.05) is 26.2 Å². The molecule has 0 fully saturated rings. The molecule has 0 bridgehead atoms. The molecule has 0 radical (unpaired) electrons. The van der Waals surface area contributed by atoms with Crippen molar-refractivity contribution in [3.05, 3.63) is 47.2 Å². The molecule has 0 saturated heterocycles. The molecule has 198 valence electrons. The largest absolute Gasteiger partial charge is 0.477 e. The van der Waals surface area contributed by atoms with Crippen molar-refractivity contribution in [1.82, 2.24) is 25.3 Å². The maximum absolute atomic E-state index is 12.7. The van der Waals surface area contributed by atoms with Gasteiger partial charge in [-0.05, 0) is 63.8 Å². The van der Waals surface area contributed by atoms with E-state index < -0.39 is 11.7 Å². The number of amides is 2. The van der Waals surface area contributed by atoms with E-state index in [1.54, 1.807) is 31.7 Å². The number of ether oxygens (including phenoxy) is 2. The number of nitrogens with one attached hydrogen (secondary N) is 1. The molecule has 0 saturated carbocycles. The summed E-state index contributed by atoms with van der Waals surface area (Å²) in [6, 6.07) is 9.62. The van der Waals surface area contributed by atoms with Crippen molar-refractivity contribution in [2.24, 2.45) is 0 Å². The van der Waals surface area contributed by atoms with E-state index >= 15 is 0 Å². The Balaban J connectivity index is 1.42. The summed E-state index contributed by atoms with van der Waals surface area (Å²) in [6.45, 7) is 8.50. The first-order chi connectivity index (χ1) is 18.2. The lowest BCUT2D eigenvalue weighted by molar-refractivity contribution is -0.130. The molecule has 2 amide bonds. The number of alkyl carbamates (subject to hydrolysis) is 1. The highest BCUT2D eigenvalue weighted by atomic mass is 16.6. The van der Waals surface area contributed by atoms with E-state index in [0.717, 1.165) is 16.7 Å². The van der Waals surface area contributed by atoms with Crippen LogP contribution in [0.3, 0.4) is 0 Å². The summed E-state index contributed by atoms with van der Waals surface area (Å²) < 4.78 is 16.0. The molecular formula is C27H30N6O5. The fraction of sp³-hybridized carbons (Fsp3) is 0.407. The molecule has 1 aliphatic heterocycles. The fourth-order valence-electron chi connectivity index (χ4n) is 4.05. The van der Waals surface area contributed by atoms with Crippen molar-refractivity contribution in [3.63, 3.8) is 0 Å². The first-order valence-corrected chi connectivity index (χ1v) is 12.4. The van der Waals surface area contributed by atoms with Gasteiger partial charge >= 0.3 is 6.09 Å². The predicted molar refractivity (Wildman–Crippen MR) is 137 cm³/mol. The van der Waals surface area contributed by atoms with E-state index in [0.29, 0.717) is 43.9 Å². The lowest BCUT2D eigenvalue weighted by atomic mass is 10.00. The van der Waals surface area contributed by atoms with Gasteiger partial charge in [0.2, 0.25) is 17.6 Å². The number of rotatable bonds is 6. The van der Waals surface area contributed by atoms with Gasteiger partial charge in [-0.15, -0.1) is 0 Å². The summed E-state index contributed by atoms with van der Waals surface area (Å²) in [6.07, 6.45) is 2.27. The minimum absolute atomic E-state index is 0.115. The fourth-order valence-corrected chi connectivity index (χ4v) is 4.05.